The first kappa shape index (κ1) is 12.9. The number of hydrogen-bond donors (Lipinski definition) is 1. The van der Waals surface area contributed by atoms with Crippen LogP contribution in [-0.4, -0.2) is 4.98 Å². The fourth-order valence-corrected chi connectivity index (χ4v) is 2.17. The molecule has 17 heavy (non-hydrogen) atoms. The standard InChI is InChI=1S/C12H9Br2ClN2/c1-7-4-5-16-12(11(7)14)17-8-2-3-10(15)9(13)6-8/h2-6H,1H3,(H,16,17). The monoisotopic (exact) mass is 374 g/mol. The lowest BCUT2D eigenvalue weighted by atomic mass is 10.3. The van der Waals surface area contributed by atoms with Gasteiger partial charge in [0, 0.05) is 16.4 Å². The summed E-state index contributed by atoms with van der Waals surface area (Å²) >= 11 is 12.8. The zero-order chi connectivity index (χ0) is 12.4. The first-order valence-corrected chi connectivity index (χ1v) is 6.87. The van der Waals surface area contributed by atoms with Gasteiger partial charge in [0.05, 0.1) is 9.50 Å². The molecule has 1 heterocycles. The topological polar surface area (TPSA) is 24.9 Å². The first-order chi connectivity index (χ1) is 8.08. The van der Waals surface area contributed by atoms with Crippen molar-refractivity contribution in [3.05, 3.63) is 50.0 Å². The van der Waals surface area contributed by atoms with Crippen LogP contribution in [0.2, 0.25) is 5.02 Å². The Labute approximate surface area is 122 Å². The Bertz CT molecular complexity index is 558. The van der Waals surface area contributed by atoms with E-state index in [-0.39, 0.29) is 0 Å². The summed E-state index contributed by atoms with van der Waals surface area (Å²) in [6.45, 7) is 2.02. The minimum atomic E-state index is 0.687. The molecule has 5 heteroatoms. The van der Waals surface area contributed by atoms with E-state index in [1.165, 1.54) is 0 Å². The average molecular weight is 376 g/mol. The van der Waals surface area contributed by atoms with Crippen LogP contribution < -0.4 is 5.32 Å². The van der Waals surface area contributed by atoms with E-state index in [1.807, 2.05) is 31.2 Å². The lowest BCUT2D eigenvalue weighted by Crippen LogP contribution is -1.95. The van der Waals surface area contributed by atoms with Crippen molar-refractivity contribution in [3.63, 3.8) is 0 Å². The maximum atomic E-state index is 5.94. The molecule has 0 aliphatic heterocycles. The zero-order valence-electron chi connectivity index (χ0n) is 8.97. The van der Waals surface area contributed by atoms with Gasteiger partial charge in [0.15, 0.2) is 0 Å². The highest BCUT2D eigenvalue weighted by atomic mass is 79.9. The van der Waals surface area contributed by atoms with Crippen LogP contribution in [0, 0.1) is 6.92 Å². The predicted molar refractivity (Wildman–Crippen MR) is 79.1 cm³/mol. The third-order valence-corrected chi connectivity index (χ3v) is 4.48. The molecular weight excluding hydrogens is 367 g/mol. The number of pyridine rings is 1. The van der Waals surface area contributed by atoms with Crippen LogP contribution in [0.4, 0.5) is 11.5 Å². The molecule has 1 N–H and O–H groups in total. The van der Waals surface area contributed by atoms with Crippen LogP contribution in [0.25, 0.3) is 0 Å². The fraction of sp³-hybridized carbons (Fsp3) is 0.0833. The predicted octanol–water partition coefficient (Wildman–Crippen LogP) is 5.31. The van der Waals surface area contributed by atoms with E-state index >= 15 is 0 Å². The second kappa shape index (κ2) is 5.38. The van der Waals surface area contributed by atoms with E-state index in [4.69, 9.17) is 11.6 Å². The molecular formula is C12H9Br2ClN2. The van der Waals surface area contributed by atoms with Gasteiger partial charge in [0.1, 0.15) is 5.82 Å². The van der Waals surface area contributed by atoms with Crippen LogP contribution in [0.3, 0.4) is 0 Å². The maximum absolute atomic E-state index is 5.94. The van der Waals surface area contributed by atoms with Crippen LogP contribution in [0.5, 0.6) is 0 Å². The second-order valence-corrected chi connectivity index (χ2v) is 5.60. The number of anilines is 2. The van der Waals surface area contributed by atoms with Gasteiger partial charge in [0.2, 0.25) is 0 Å². The van der Waals surface area contributed by atoms with Gasteiger partial charge in [-0.05, 0) is 68.6 Å². The van der Waals surface area contributed by atoms with Gasteiger partial charge in [0.25, 0.3) is 0 Å². The molecule has 0 bridgehead atoms. The highest BCUT2D eigenvalue weighted by molar-refractivity contribution is 9.11. The molecule has 88 valence electrons. The van der Waals surface area contributed by atoms with E-state index < -0.39 is 0 Å². The highest BCUT2D eigenvalue weighted by Crippen LogP contribution is 2.30. The van der Waals surface area contributed by atoms with Gasteiger partial charge in [-0.3, -0.25) is 0 Å². The normalized spacial score (nSPS) is 10.4. The number of hydrogen-bond acceptors (Lipinski definition) is 2. The van der Waals surface area contributed by atoms with Gasteiger partial charge in [-0.1, -0.05) is 11.6 Å². The lowest BCUT2D eigenvalue weighted by Gasteiger charge is -2.09. The Morgan fingerprint density at radius 3 is 2.71 bits per heavy atom. The van der Waals surface area contributed by atoms with Crippen molar-refractivity contribution in [2.24, 2.45) is 0 Å². The molecule has 0 aliphatic carbocycles. The van der Waals surface area contributed by atoms with Crippen LogP contribution in [0.1, 0.15) is 5.56 Å². The Kier molecular flexibility index (Phi) is 4.07. The minimum absolute atomic E-state index is 0.687. The summed E-state index contributed by atoms with van der Waals surface area (Å²) in [5, 5.41) is 3.92. The molecule has 1 aromatic carbocycles. The Morgan fingerprint density at radius 2 is 2.00 bits per heavy atom. The molecule has 0 spiro atoms. The summed E-state index contributed by atoms with van der Waals surface area (Å²) in [6, 6.07) is 7.60. The molecule has 2 rings (SSSR count). The van der Waals surface area contributed by atoms with Crippen molar-refractivity contribution in [2.45, 2.75) is 6.92 Å². The van der Waals surface area contributed by atoms with Gasteiger partial charge in [-0.2, -0.15) is 0 Å². The molecule has 0 fully saturated rings. The number of halogens is 3. The van der Waals surface area contributed by atoms with Gasteiger partial charge in [-0.15, -0.1) is 0 Å². The SMILES string of the molecule is Cc1ccnc(Nc2ccc(Cl)c(Br)c2)c1Br. The molecule has 0 amide bonds. The molecule has 0 radical (unpaired) electrons. The summed E-state index contributed by atoms with van der Waals surface area (Å²) < 4.78 is 1.82. The van der Waals surface area contributed by atoms with Crippen molar-refractivity contribution in [1.82, 2.24) is 4.98 Å². The number of nitrogens with one attached hydrogen (secondary N) is 1. The van der Waals surface area contributed by atoms with E-state index in [2.05, 4.69) is 42.2 Å². The summed E-state index contributed by atoms with van der Waals surface area (Å²) in [5.41, 5.74) is 2.07. The summed E-state index contributed by atoms with van der Waals surface area (Å²) in [6.07, 6.45) is 1.77. The first-order valence-electron chi connectivity index (χ1n) is 4.91. The van der Waals surface area contributed by atoms with Crippen molar-refractivity contribution in [2.75, 3.05) is 5.32 Å². The molecule has 0 saturated carbocycles. The van der Waals surface area contributed by atoms with Gasteiger partial charge >= 0.3 is 0 Å². The van der Waals surface area contributed by atoms with Gasteiger partial charge < -0.3 is 5.32 Å². The quantitative estimate of drug-likeness (QED) is 0.768. The number of benzene rings is 1. The lowest BCUT2D eigenvalue weighted by molar-refractivity contribution is 1.25. The van der Waals surface area contributed by atoms with Crippen LogP contribution >= 0.6 is 43.5 Å². The van der Waals surface area contributed by atoms with E-state index in [0.717, 1.165) is 26.0 Å². The van der Waals surface area contributed by atoms with Crippen molar-refractivity contribution in [1.29, 1.82) is 0 Å². The molecule has 0 atom stereocenters. The number of aryl methyl sites for hydroxylation is 1. The Morgan fingerprint density at radius 1 is 1.24 bits per heavy atom. The van der Waals surface area contributed by atoms with Crippen molar-refractivity contribution < 1.29 is 0 Å². The van der Waals surface area contributed by atoms with Crippen molar-refractivity contribution in [3.8, 4) is 0 Å². The molecule has 0 unspecified atom stereocenters. The third kappa shape index (κ3) is 3.00. The summed E-state index contributed by atoms with van der Waals surface area (Å²) in [7, 11) is 0. The van der Waals surface area contributed by atoms with E-state index in [1.54, 1.807) is 6.20 Å². The number of nitrogens with zero attached hydrogens (tertiary/aromatic N) is 1. The van der Waals surface area contributed by atoms with Gasteiger partial charge in [-0.25, -0.2) is 4.98 Å². The molecule has 2 aromatic rings. The molecule has 1 aromatic heterocycles. The minimum Gasteiger partial charge on any atom is -0.339 e. The largest absolute Gasteiger partial charge is 0.339 e. The van der Waals surface area contributed by atoms with E-state index in [0.29, 0.717) is 5.02 Å². The third-order valence-electron chi connectivity index (χ3n) is 2.26. The smallest absolute Gasteiger partial charge is 0.144 e. The van der Waals surface area contributed by atoms with Crippen LogP contribution in [0.15, 0.2) is 39.4 Å². The average Bonchev–Trinajstić information content (AvgIpc) is 2.30. The molecule has 0 aliphatic rings. The van der Waals surface area contributed by atoms with Crippen molar-refractivity contribution >= 4 is 55.0 Å². The molecule has 0 saturated heterocycles. The second-order valence-electron chi connectivity index (χ2n) is 3.54. The van der Waals surface area contributed by atoms with Crippen LogP contribution in [-0.2, 0) is 0 Å². The Hall–Kier alpha value is -0.580. The summed E-state index contributed by atoms with van der Waals surface area (Å²) in [4.78, 5) is 4.28. The fourth-order valence-electron chi connectivity index (χ4n) is 1.34. The number of rotatable bonds is 2. The highest BCUT2D eigenvalue weighted by Gasteiger charge is 2.05. The van der Waals surface area contributed by atoms with E-state index in [9.17, 15) is 0 Å². The Balaban J connectivity index is 2.31. The number of aromatic nitrogens is 1. The summed E-state index contributed by atoms with van der Waals surface area (Å²) in [5.74, 6) is 0.791. The maximum Gasteiger partial charge on any atom is 0.144 e. The zero-order valence-corrected chi connectivity index (χ0v) is 12.9. The molecule has 2 nitrogen and oxygen atoms in total.